The molecule has 0 saturated carbocycles. The molecule has 0 aliphatic carbocycles. The summed E-state index contributed by atoms with van der Waals surface area (Å²) in [6, 6.07) is 10.8. The van der Waals surface area contributed by atoms with Crippen LogP contribution in [0.1, 0.15) is 29.7 Å². The van der Waals surface area contributed by atoms with Crippen molar-refractivity contribution in [1.29, 1.82) is 0 Å². The second-order valence-corrected chi connectivity index (χ2v) is 5.21. The Morgan fingerprint density at radius 3 is 3.00 bits per heavy atom. The Balaban J connectivity index is 1.83. The van der Waals surface area contributed by atoms with E-state index < -0.39 is 0 Å². The molecule has 98 valence electrons. The molecule has 1 aromatic carbocycles. The molecule has 1 aliphatic heterocycles. The zero-order chi connectivity index (χ0) is 13.2. The third kappa shape index (κ3) is 2.47. The van der Waals surface area contributed by atoms with Gasteiger partial charge in [0.25, 0.3) is 0 Å². The molecule has 2 heterocycles. The summed E-state index contributed by atoms with van der Waals surface area (Å²) < 4.78 is 0. The fourth-order valence-corrected chi connectivity index (χ4v) is 2.65. The minimum Gasteiger partial charge on any atom is -0.367 e. The third-order valence-electron chi connectivity index (χ3n) is 3.72. The maximum Gasteiger partial charge on any atom is 0.0444 e. The smallest absolute Gasteiger partial charge is 0.0444 e. The van der Waals surface area contributed by atoms with E-state index in [4.69, 9.17) is 5.73 Å². The van der Waals surface area contributed by atoms with Crippen LogP contribution in [0.25, 0.3) is 0 Å². The summed E-state index contributed by atoms with van der Waals surface area (Å²) in [6.07, 6.45) is 4.86. The average molecular weight is 253 g/mol. The zero-order valence-electron chi connectivity index (χ0n) is 11.2. The number of aromatic nitrogens is 1. The first-order chi connectivity index (χ1) is 9.24. The monoisotopic (exact) mass is 253 g/mol. The quantitative estimate of drug-likeness (QED) is 0.914. The first-order valence-electron chi connectivity index (χ1n) is 6.76. The van der Waals surface area contributed by atoms with Crippen molar-refractivity contribution in [2.24, 2.45) is 5.73 Å². The van der Waals surface area contributed by atoms with Crippen molar-refractivity contribution in [2.75, 3.05) is 11.4 Å². The second-order valence-electron chi connectivity index (χ2n) is 5.21. The van der Waals surface area contributed by atoms with Gasteiger partial charge in [-0.25, -0.2) is 0 Å². The molecule has 1 aliphatic rings. The van der Waals surface area contributed by atoms with Crippen LogP contribution >= 0.6 is 0 Å². The van der Waals surface area contributed by atoms with Crippen molar-refractivity contribution in [2.45, 2.75) is 25.9 Å². The Bertz CT molecular complexity index is 563. The lowest BCUT2D eigenvalue weighted by Gasteiger charge is -2.19. The van der Waals surface area contributed by atoms with Crippen LogP contribution in [0, 0.1) is 0 Å². The highest BCUT2D eigenvalue weighted by Crippen LogP contribution is 2.31. The van der Waals surface area contributed by atoms with Crippen molar-refractivity contribution in [3.05, 3.63) is 59.4 Å². The summed E-state index contributed by atoms with van der Waals surface area (Å²) in [5, 5.41) is 0. The topological polar surface area (TPSA) is 42.1 Å². The van der Waals surface area contributed by atoms with E-state index in [9.17, 15) is 0 Å². The van der Waals surface area contributed by atoms with Crippen molar-refractivity contribution in [3.8, 4) is 0 Å². The Hall–Kier alpha value is -1.87. The molecule has 0 spiro atoms. The lowest BCUT2D eigenvalue weighted by atomic mass is 10.0. The molecule has 19 heavy (non-hydrogen) atoms. The minimum atomic E-state index is 0.109. The van der Waals surface area contributed by atoms with Crippen molar-refractivity contribution in [1.82, 2.24) is 4.98 Å². The number of nitrogens with zero attached hydrogens (tertiary/aromatic N) is 2. The molecule has 1 atom stereocenters. The molecule has 2 N–H and O–H groups in total. The summed E-state index contributed by atoms with van der Waals surface area (Å²) in [6.45, 7) is 4.04. The molecule has 3 heteroatoms. The van der Waals surface area contributed by atoms with Crippen molar-refractivity contribution >= 4 is 5.69 Å². The molecule has 3 nitrogen and oxygen atoms in total. The van der Waals surface area contributed by atoms with Gasteiger partial charge in [0, 0.05) is 37.2 Å². The molecule has 0 fully saturated rings. The average Bonchev–Trinajstić information content (AvgIpc) is 2.82. The van der Waals surface area contributed by atoms with Gasteiger partial charge in [0.05, 0.1) is 0 Å². The van der Waals surface area contributed by atoms with E-state index in [1.54, 1.807) is 0 Å². The predicted octanol–water partition coefficient (Wildman–Crippen LogP) is 2.66. The van der Waals surface area contributed by atoms with Gasteiger partial charge in [0.1, 0.15) is 0 Å². The summed E-state index contributed by atoms with van der Waals surface area (Å²) >= 11 is 0. The Labute approximate surface area is 114 Å². The number of hydrogen-bond acceptors (Lipinski definition) is 3. The molecule has 0 bridgehead atoms. The standard InChI is InChI=1S/C16H19N3/c1-12(17)14-4-5-16-15(9-14)6-8-19(16)11-13-3-2-7-18-10-13/h2-5,7,9-10,12H,6,8,11,17H2,1H3. The maximum absolute atomic E-state index is 5.94. The van der Waals surface area contributed by atoms with Crippen LogP contribution in [0.4, 0.5) is 5.69 Å². The van der Waals surface area contributed by atoms with Gasteiger partial charge in [0.2, 0.25) is 0 Å². The predicted molar refractivity (Wildman–Crippen MR) is 78.0 cm³/mol. The largest absolute Gasteiger partial charge is 0.367 e. The Morgan fingerprint density at radius 1 is 1.37 bits per heavy atom. The van der Waals surface area contributed by atoms with E-state index >= 15 is 0 Å². The van der Waals surface area contributed by atoms with Crippen LogP contribution in [0.5, 0.6) is 0 Å². The van der Waals surface area contributed by atoms with Gasteiger partial charge in [-0.15, -0.1) is 0 Å². The van der Waals surface area contributed by atoms with Gasteiger partial charge in [-0.2, -0.15) is 0 Å². The van der Waals surface area contributed by atoms with Crippen LogP contribution in [0.2, 0.25) is 0 Å². The molecular formula is C16H19N3. The highest BCUT2D eigenvalue weighted by Gasteiger charge is 2.19. The van der Waals surface area contributed by atoms with E-state index in [0.717, 1.165) is 19.5 Å². The van der Waals surface area contributed by atoms with E-state index in [-0.39, 0.29) is 6.04 Å². The molecule has 0 saturated heterocycles. The SMILES string of the molecule is CC(N)c1ccc2c(c1)CCN2Cc1cccnc1. The normalized spacial score (nSPS) is 15.4. The van der Waals surface area contributed by atoms with Crippen molar-refractivity contribution in [3.63, 3.8) is 0 Å². The lowest BCUT2D eigenvalue weighted by Crippen LogP contribution is -2.19. The minimum absolute atomic E-state index is 0.109. The van der Waals surface area contributed by atoms with Gasteiger partial charge in [0.15, 0.2) is 0 Å². The van der Waals surface area contributed by atoms with Gasteiger partial charge in [-0.1, -0.05) is 18.2 Å². The molecular weight excluding hydrogens is 234 g/mol. The fourth-order valence-electron chi connectivity index (χ4n) is 2.65. The number of benzene rings is 1. The van der Waals surface area contributed by atoms with Crippen LogP contribution < -0.4 is 10.6 Å². The van der Waals surface area contributed by atoms with Crippen LogP contribution in [-0.2, 0) is 13.0 Å². The summed E-state index contributed by atoms with van der Waals surface area (Å²) in [4.78, 5) is 6.59. The van der Waals surface area contributed by atoms with Crippen LogP contribution in [-0.4, -0.2) is 11.5 Å². The third-order valence-corrected chi connectivity index (χ3v) is 3.72. The molecule has 1 aromatic heterocycles. The molecule has 2 aromatic rings. The van der Waals surface area contributed by atoms with E-state index in [2.05, 4.69) is 34.1 Å². The fraction of sp³-hybridized carbons (Fsp3) is 0.312. The molecule has 1 unspecified atom stereocenters. The number of anilines is 1. The zero-order valence-corrected chi connectivity index (χ0v) is 11.2. The summed E-state index contributed by atoms with van der Waals surface area (Å²) in [5.41, 5.74) is 11.2. The lowest BCUT2D eigenvalue weighted by molar-refractivity contribution is 0.816. The number of rotatable bonds is 3. The Kier molecular flexibility index (Phi) is 3.22. The van der Waals surface area contributed by atoms with Gasteiger partial charge in [-0.05, 0) is 42.2 Å². The number of pyridine rings is 1. The molecule has 0 radical (unpaired) electrons. The van der Waals surface area contributed by atoms with Crippen LogP contribution in [0.3, 0.4) is 0 Å². The summed E-state index contributed by atoms with van der Waals surface area (Å²) in [7, 11) is 0. The molecule has 0 amide bonds. The number of fused-ring (bicyclic) bond motifs is 1. The first kappa shape index (κ1) is 12.2. The van der Waals surface area contributed by atoms with Gasteiger partial charge >= 0.3 is 0 Å². The molecule has 3 rings (SSSR count). The first-order valence-corrected chi connectivity index (χ1v) is 6.76. The van der Waals surface area contributed by atoms with E-state index in [1.807, 2.05) is 25.4 Å². The van der Waals surface area contributed by atoms with E-state index in [1.165, 1.54) is 22.4 Å². The number of nitrogens with two attached hydrogens (primary N) is 1. The van der Waals surface area contributed by atoms with Crippen LogP contribution in [0.15, 0.2) is 42.7 Å². The van der Waals surface area contributed by atoms with Gasteiger partial charge < -0.3 is 10.6 Å². The van der Waals surface area contributed by atoms with Gasteiger partial charge in [-0.3, -0.25) is 4.98 Å². The summed E-state index contributed by atoms with van der Waals surface area (Å²) in [5.74, 6) is 0. The maximum atomic E-state index is 5.94. The second kappa shape index (κ2) is 5.02. The number of hydrogen-bond donors (Lipinski definition) is 1. The Morgan fingerprint density at radius 2 is 2.26 bits per heavy atom. The van der Waals surface area contributed by atoms with Crippen molar-refractivity contribution < 1.29 is 0 Å². The van der Waals surface area contributed by atoms with E-state index in [0.29, 0.717) is 0 Å². The highest BCUT2D eigenvalue weighted by molar-refractivity contribution is 5.59. The highest BCUT2D eigenvalue weighted by atomic mass is 15.1.